The Kier molecular flexibility index (Phi) is 8.39. The number of carbonyl (C=O) groups excluding carboxylic acids is 1. The van der Waals surface area contributed by atoms with Gasteiger partial charge in [0.2, 0.25) is 0 Å². The zero-order valence-corrected chi connectivity index (χ0v) is 19.9. The number of benzene rings is 2. The van der Waals surface area contributed by atoms with E-state index in [4.69, 9.17) is 9.47 Å². The molecule has 1 heterocycles. The van der Waals surface area contributed by atoms with E-state index in [1.54, 1.807) is 7.11 Å². The lowest BCUT2D eigenvalue weighted by Crippen LogP contribution is -2.47. The van der Waals surface area contributed by atoms with Crippen molar-refractivity contribution < 1.29 is 14.3 Å². The fourth-order valence-corrected chi connectivity index (χ4v) is 3.88. The van der Waals surface area contributed by atoms with E-state index in [1.165, 1.54) is 5.56 Å². The Balaban J connectivity index is 1.30. The van der Waals surface area contributed by atoms with Gasteiger partial charge in [-0.15, -0.1) is 0 Å². The van der Waals surface area contributed by atoms with E-state index in [0.29, 0.717) is 6.54 Å². The Morgan fingerprint density at radius 2 is 1.69 bits per heavy atom. The molecule has 1 fully saturated rings. The van der Waals surface area contributed by atoms with Crippen LogP contribution in [-0.2, 0) is 10.2 Å². The maximum Gasteiger partial charge on any atom is 0.257 e. The lowest BCUT2D eigenvalue weighted by molar-refractivity contribution is -0.123. The van der Waals surface area contributed by atoms with Crippen LogP contribution >= 0.6 is 0 Å². The Labute approximate surface area is 192 Å². The van der Waals surface area contributed by atoms with Crippen molar-refractivity contribution in [2.24, 2.45) is 0 Å². The number of piperazine rings is 1. The van der Waals surface area contributed by atoms with Crippen LogP contribution in [-0.4, -0.2) is 63.8 Å². The quantitative estimate of drug-likeness (QED) is 0.604. The molecule has 6 heteroatoms. The molecule has 2 aromatic carbocycles. The van der Waals surface area contributed by atoms with E-state index in [0.717, 1.165) is 56.3 Å². The summed E-state index contributed by atoms with van der Waals surface area (Å²) in [4.78, 5) is 16.9. The Bertz CT molecular complexity index is 853. The molecule has 3 rings (SSSR count). The van der Waals surface area contributed by atoms with Crippen LogP contribution in [0.2, 0.25) is 0 Å². The highest BCUT2D eigenvalue weighted by Crippen LogP contribution is 2.28. The van der Waals surface area contributed by atoms with E-state index in [1.807, 2.05) is 24.3 Å². The van der Waals surface area contributed by atoms with Gasteiger partial charge in [-0.25, -0.2) is 0 Å². The molecule has 0 spiro atoms. The van der Waals surface area contributed by atoms with Crippen LogP contribution in [0.1, 0.15) is 32.8 Å². The van der Waals surface area contributed by atoms with Gasteiger partial charge in [-0.3, -0.25) is 9.69 Å². The van der Waals surface area contributed by atoms with Crippen molar-refractivity contribution in [1.82, 2.24) is 10.2 Å². The number of hydrogen-bond donors (Lipinski definition) is 1. The molecular formula is C26H37N3O3. The van der Waals surface area contributed by atoms with Crippen molar-refractivity contribution >= 4 is 11.6 Å². The number of amides is 1. The second-order valence-electron chi connectivity index (χ2n) is 9.27. The van der Waals surface area contributed by atoms with Crippen molar-refractivity contribution in [2.45, 2.75) is 32.6 Å². The van der Waals surface area contributed by atoms with Gasteiger partial charge in [0.05, 0.1) is 12.8 Å². The standard InChI is InChI=1S/C26H37N3O3/c1-26(2,3)21-10-12-22(13-11-21)32-20-25(30)27-14-7-15-28-16-18-29(19-17-28)23-8-5-6-9-24(23)31-4/h5-6,8-13H,7,14-20H2,1-4H3,(H,27,30). The lowest BCUT2D eigenvalue weighted by Gasteiger charge is -2.36. The molecular weight excluding hydrogens is 402 g/mol. The van der Waals surface area contributed by atoms with Crippen molar-refractivity contribution in [2.75, 3.05) is 57.9 Å². The number of ether oxygens (including phenoxy) is 2. The van der Waals surface area contributed by atoms with Crippen LogP contribution in [0.15, 0.2) is 48.5 Å². The smallest absolute Gasteiger partial charge is 0.257 e. The van der Waals surface area contributed by atoms with Gasteiger partial charge in [0.15, 0.2) is 6.61 Å². The summed E-state index contributed by atoms with van der Waals surface area (Å²) in [6.45, 7) is 12.2. The minimum atomic E-state index is -0.0779. The number of carbonyl (C=O) groups is 1. The third-order valence-corrected chi connectivity index (χ3v) is 5.86. The number of hydrogen-bond acceptors (Lipinski definition) is 5. The van der Waals surface area contributed by atoms with E-state index in [9.17, 15) is 4.79 Å². The largest absolute Gasteiger partial charge is 0.495 e. The van der Waals surface area contributed by atoms with Gasteiger partial charge in [0.25, 0.3) is 5.91 Å². The predicted octanol–water partition coefficient (Wildman–Crippen LogP) is 3.70. The fourth-order valence-electron chi connectivity index (χ4n) is 3.88. The first-order valence-corrected chi connectivity index (χ1v) is 11.5. The monoisotopic (exact) mass is 439 g/mol. The Morgan fingerprint density at radius 1 is 1.00 bits per heavy atom. The lowest BCUT2D eigenvalue weighted by atomic mass is 9.87. The molecule has 2 aromatic rings. The van der Waals surface area contributed by atoms with E-state index in [2.05, 4.69) is 60.2 Å². The average molecular weight is 440 g/mol. The number of nitrogens with zero attached hydrogens (tertiary/aromatic N) is 2. The van der Waals surface area contributed by atoms with Crippen molar-refractivity contribution in [3.05, 3.63) is 54.1 Å². The summed E-state index contributed by atoms with van der Waals surface area (Å²) in [6.07, 6.45) is 0.931. The average Bonchev–Trinajstić information content (AvgIpc) is 2.80. The van der Waals surface area contributed by atoms with Crippen LogP contribution in [0.5, 0.6) is 11.5 Å². The molecule has 0 atom stereocenters. The summed E-state index contributed by atoms with van der Waals surface area (Å²) < 4.78 is 11.1. The topological polar surface area (TPSA) is 54.0 Å². The molecule has 32 heavy (non-hydrogen) atoms. The number of methoxy groups -OCH3 is 1. The van der Waals surface area contributed by atoms with Crippen molar-refractivity contribution in [1.29, 1.82) is 0 Å². The first-order chi connectivity index (χ1) is 15.4. The molecule has 0 aromatic heterocycles. The molecule has 174 valence electrons. The van der Waals surface area contributed by atoms with Crippen LogP contribution in [0.3, 0.4) is 0 Å². The molecule has 0 aliphatic carbocycles. The third kappa shape index (κ3) is 6.89. The van der Waals surface area contributed by atoms with Crippen LogP contribution < -0.4 is 19.7 Å². The first kappa shape index (κ1) is 23.9. The summed E-state index contributed by atoms with van der Waals surface area (Å²) in [5.41, 5.74) is 2.52. The molecule has 1 aliphatic rings. The molecule has 0 radical (unpaired) electrons. The summed E-state index contributed by atoms with van der Waals surface area (Å²) in [6, 6.07) is 16.1. The van der Waals surface area contributed by atoms with E-state index >= 15 is 0 Å². The van der Waals surface area contributed by atoms with Crippen LogP contribution in [0, 0.1) is 0 Å². The van der Waals surface area contributed by atoms with Gasteiger partial charge in [-0.05, 0) is 48.2 Å². The minimum absolute atomic E-state index is 0.0481. The summed E-state index contributed by atoms with van der Waals surface area (Å²) >= 11 is 0. The maximum atomic E-state index is 12.1. The van der Waals surface area contributed by atoms with Crippen molar-refractivity contribution in [3.8, 4) is 11.5 Å². The number of nitrogens with one attached hydrogen (secondary N) is 1. The number of para-hydroxylation sites is 2. The zero-order valence-electron chi connectivity index (χ0n) is 19.9. The van der Waals surface area contributed by atoms with Gasteiger partial charge in [0.1, 0.15) is 11.5 Å². The molecule has 1 aliphatic heterocycles. The highest BCUT2D eigenvalue weighted by atomic mass is 16.5. The van der Waals surface area contributed by atoms with Gasteiger partial charge in [0, 0.05) is 32.7 Å². The summed E-state index contributed by atoms with van der Waals surface area (Å²) in [5.74, 6) is 1.57. The molecule has 0 unspecified atom stereocenters. The highest BCUT2D eigenvalue weighted by molar-refractivity contribution is 5.77. The maximum absolute atomic E-state index is 12.1. The van der Waals surface area contributed by atoms with Crippen LogP contribution in [0.4, 0.5) is 5.69 Å². The summed E-state index contributed by atoms with van der Waals surface area (Å²) in [7, 11) is 1.72. The second kappa shape index (κ2) is 11.2. The predicted molar refractivity (Wildman–Crippen MR) is 130 cm³/mol. The second-order valence-corrected chi connectivity index (χ2v) is 9.27. The van der Waals surface area contributed by atoms with Gasteiger partial charge >= 0.3 is 0 Å². The summed E-state index contributed by atoms with van der Waals surface area (Å²) in [5, 5.41) is 2.96. The Hall–Kier alpha value is -2.73. The molecule has 1 amide bonds. The van der Waals surface area contributed by atoms with Crippen LogP contribution in [0.25, 0.3) is 0 Å². The number of anilines is 1. The molecule has 6 nitrogen and oxygen atoms in total. The molecule has 0 bridgehead atoms. The first-order valence-electron chi connectivity index (χ1n) is 11.5. The third-order valence-electron chi connectivity index (χ3n) is 5.86. The fraction of sp³-hybridized carbons (Fsp3) is 0.500. The van der Waals surface area contributed by atoms with Gasteiger partial charge in [-0.1, -0.05) is 45.0 Å². The van der Waals surface area contributed by atoms with Gasteiger partial charge in [-0.2, -0.15) is 0 Å². The molecule has 0 saturated carbocycles. The molecule has 1 N–H and O–H groups in total. The van der Waals surface area contributed by atoms with E-state index in [-0.39, 0.29) is 17.9 Å². The van der Waals surface area contributed by atoms with Crippen molar-refractivity contribution in [3.63, 3.8) is 0 Å². The number of rotatable bonds is 9. The Morgan fingerprint density at radius 3 is 2.34 bits per heavy atom. The SMILES string of the molecule is COc1ccccc1N1CCN(CCCNC(=O)COc2ccc(C(C)(C)C)cc2)CC1. The van der Waals surface area contributed by atoms with Gasteiger partial charge < -0.3 is 19.7 Å². The molecule has 1 saturated heterocycles. The highest BCUT2D eigenvalue weighted by Gasteiger charge is 2.19. The zero-order chi connectivity index (χ0) is 23.0. The normalized spacial score (nSPS) is 14.8. The minimum Gasteiger partial charge on any atom is -0.495 e. The van der Waals surface area contributed by atoms with E-state index < -0.39 is 0 Å².